The molecule has 0 bridgehead atoms. The van der Waals surface area contributed by atoms with Gasteiger partial charge in [-0.3, -0.25) is 0 Å². The van der Waals surface area contributed by atoms with Crippen LogP contribution in [0.1, 0.15) is 58.6 Å². The zero-order chi connectivity index (χ0) is 16.0. The Hall–Kier alpha value is -1.02. The summed E-state index contributed by atoms with van der Waals surface area (Å²) < 4.78 is 6.43. The summed E-state index contributed by atoms with van der Waals surface area (Å²) >= 11 is 0. The molecule has 0 aliphatic carbocycles. The van der Waals surface area contributed by atoms with Crippen molar-refractivity contribution in [3.8, 4) is 5.75 Å². The molecule has 2 aliphatic heterocycles. The summed E-state index contributed by atoms with van der Waals surface area (Å²) in [4.78, 5) is 2.60. The van der Waals surface area contributed by atoms with Crippen molar-refractivity contribution in [3.05, 3.63) is 29.3 Å². The van der Waals surface area contributed by atoms with Gasteiger partial charge in [-0.1, -0.05) is 46.8 Å². The topological polar surface area (TPSA) is 12.5 Å². The van der Waals surface area contributed by atoms with E-state index in [1.165, 1.54) is 43.6 Å². The van der Waals surface area contributed by atoms with E-state index in [4.69, 9.17) is 4.74 Å². The summed E-state index contributed by atoms with van der Waals surface area (Å²) in [6.45, 7) is 15.0. The first-order chi connectivity index (χ1) is 10.3. The molecule has 0 amide bonds. The van der Waals surface area contributed by atoms with E-state index in [0.29, 0.717) is 0 Å². The van der Waals surface area contributed by atoms with Crippen LogP contribution >= 0.6 is 0 Å². The minimum Gasteiger partial charge on any atom is -0.487 e. The smallest absolute Gasteiger partial charge is 0.123 e. The summed E-state index contributed by atoms with van der Waals surface area (Å²) in [5.41, 5.74) is 3.13. The number of ether oxygens (including phenoxy) is 1. The summed E-state index contributed by atoms with van der Waals surface area (Å²) in [6, 6.07) is 6.82. The second-order valence-corrected chi connectivity index (χ2v) is 8.73. The van der Waals surface area contributed by atoms with Gasteiger partial charge in [-0.2, -0.15) is 0 Å². The monoisotopic (exact) mass is 301 g/mol. The number of nitrogens with zero attached hydrogens (tertiary/aromatic N) is 1. The number of piperidine rings is 1. The van der Waals surface area contributed by atoms with E-state index in [-0.39, 0.29) is 11.0 Å². The third-order valence-corrected chi connectivity index (χ3v) is 5.16. The van der Waals surface area contributed by atoms with E-state index >= 15 is 0 Å². The molecule has 122 valence electrons. The highest BCUT2D eigenvalue weighted by Crippen LogP contribution is 2.42. The molecule has 1 saturated heterocycles. The number of fused-ring (bicyclic) bond motifs is 1. The maximum absolute atomic E-state index is 6.43. The van der Waals surface area contributed by atoms with Crippen molar-refractivity contribution in [2.75, 3.05) is 19.6 Å². The van der Waals surface area contributed by atoms with E-state index in [1.807, 2.05) is 0 Å². The Labute approximate surface area is 135 Å². The molecule has 2 heterocycles. The molecule has 1 spiro atoms. The van der Waals surface area contributed by atoms with Gasteiger partial charge in [0.05, 0.1) is 0 Å². The molecule has 1 fully saturated rings. The molecule has 2 aliphatic rings. The zero-order valence-corrected chi connectivity index (χ0v) is 14.9. The second kappa shape index (κ2) is 5.56. The van der Waals surface area contributed by atoms with Gasteiger partial charge >= 0.3 is 0 Å². The third kappa shape index (κ3) is 3.17. The van der Waals surface area contributed by atoms with Crippen molar-refractivity contribution in [2.45, 2.75) is 64.9 Å². The lowest BCUT2D eigenvalue weighted by atomic mass is 9.83. The van der Waals surface area contributed by atoms with Crippen LogP contribution in [0.25, 0.3) is 0 Å². The molecule has 3 rings (SSSR count). The summed E-state index contributed by atoms with van der Waals surface area (Å²) in [7, 11) is 0. The maximum atomic E-state index is 6.43. The van der Waals surface area contributed by atoms with Crippen LogP contribution in [-0.2, 0) is 11.8 Å². The first-order valence-corrected chi connectivity index (χ1v) is 8.82. The number of rotatable bonds is 2. The molecule has 0 aromatic heterocycles. The van der Waals surface area contributed by atoms with Crippen molar-refractivity contribution in [1.29, 1.82) is 0 Å². The minimum absolute atomic E-state index is 0.0757. The van der Waals surface area contributed by atoms with E-state index in [9.17, 15) is 0 Å². The predicted molar refractivity (Wildman–Crippen MR) is 92.7 cm³/mol. The Morgan fingerprint density at radius 3 is 2.45 bits per heavy atom. The van der Waals surface area contributed by atoms with Crippen LogP contribution in [0.15, 0.2) is 18.2 Å². The molecule has 0 saturated carbocycles. The number of likely N-dealkylation sites (tertiary alicyclic amines) is 1. The molecule has 0 radical (unpaired) electrons. The van der Waals surface area contributed by atoms with Crippen LogP contribution in [0.3, 0.4) is 0 Å². The van der Waals surface area contributed by atoms with Gasteiger partial charge in [0, 0.05) is 38.9 Å². The second-order valence-electron chi connectivity index (χ2n) is 8.73. The maximum Gasteiger partial charge on any atom is 0.123 e. The fraction of sp³-hybridized carbons (Fsp3) is 0.700. The fourth-order valence-corrected chi connectivity index (χ4v) is 3.84. The molecule has 1 aromatic rings. The van der Waals surface area contributed by atoms with Crippen LogP contribution in [0, 0.1) is 5.92 Å². The number of benzene rings is 1. The van der Waals surface area contributed by atoms with Gasteiger partial charge < -0.3 is 9.64 Å². The van der Waals surface area contributed by atoms with Gasteiger partial charge in [0.15, 0.2) is 0 Å². The zero-order valence-electron chi connectivity index (χ0n) is 14.9. The standard InChI is InChI=1S/C20H31NO/c1-15(2)14-21-10-8-20(9-11-21)13-16-12-17(19(3,4)5)6-7-18(16)22-20/h6-7,12,15H,8-11,13-14H2,1-5H3. The van der Waals surface area contributed by atoms with Crippen molar-refractivity contribution >= 4 is 0 Å². The highest BCUT2D eigenvalue weighted by molar-refractivity contribution is 5.44. The van der Waals surface area contributed by atoms with Crippen LogP contribution in [0.4, 0.5) is 0 Å². The predicted octanol–water partition coefficient (Wildman–Crippen LogP) is 4.41. The van der Waals surface area contributed by atoms with E-state index in [0.717, 1.165) is 18.1 Å². The van der Waals surface area contributed by atoms with Gasteiger partial charge in [0.25, 0.3) is 0 Å². The van der Waals surface area contributed by atoms with E-state index < -0.39 is 0 Å². The Bertz CT molecular complexity index is 533. The lowest BCUT2D eigenvalue weighted by Crippen LogP contribution is -2.48. The lowest BCUT2D eigenvalue weighted by molar-refractivity contribution is 0.0163. The van der Waals surface area contributed by atoms with Gasteiger partial charge in [0.2, 0.25) is 0 Å². The third-order valence-electron chi connectivity index (χ3n) is 5.16. The number of hydrogen-bond acceptors (Lipinski definition) is 2. The van der Waals surface area contributed by atoms with E-state index in [1.54, 1.807) is 0 Å². The Morgan fingerprint density at radius 1 is 1.18 bits per heavy atom. The molecule has 0 N–H and O–H groups in total. The van der Waals surface area contributed by atoms with Crippen molar-refractivity contribution < 1.29 is 4.74 Å². The van der Waals surface area contributed by atoms with Crippen LogP contribution < -0.4 is 4.74 Å². The highest BCUT2D eigenvalue weighted by Gasteiger charge is 2.42. The molecule has 2 heteroatoms. The summed E-state index contributed by atoms with van der Waals surface area (Å²) in [6.07, 6.45) is 3.43. The minimum atomic E-state index is 0.0757. The molecular formula is C20H31NO. The van der Waals surface area contributed by atoms with Crippen molar-refractivity contribution in [2.24, 2.45) is 5.92 Å². The molecule has 1 aromatic carbocycles. The molecule has 2 nitrogen and oxygen atoms in total. The molecule has 0 unspecified atom stereocenters. The van der Waals surface area contributed by atoms with Gasteiger partial charge in [-0.15, -0.1) is 0 Å². The quantitative estimate of drug-likeness (QED) is 0.802. The first-order valence-electron chi connectivity index (χ1n) is 8.82. The SMILES string of the molecule is CC(C)CN1CCC2(CC1)Cc1cc(C(C)(C)C)ccc1O2. The normalized spacial score (nSPS) is 21.2. The highest BCUT2D eigenvalue weighted by atomic mass is 16.5. The first kappa shape index (κ1) is 15.9. The lowest BCUT2D eigenvalue weighted by Gasteiger charge is -2.39. The van der Waals surface area contributed by atoms with Crippen LogP contribution in [0.2, 0.25) is 0 Å². The Balaban J connectivity index is 1.70. The largest absolute Gasteiger partial charge is 0.487 e. The van der Waals surface area contributed by atoms with Crippen molar-refractivity contribution in [3.63, 3.8) is 0 Å². The fourth-order valence-electron chi connectivity index (χ4n) is 3.84. The van der Waals surface area contributed by atoms with Crippen molar-refractivity contribution in [1.82, 2.24) is 4.90 Å². The average molecular weight is 301 g/mol. The van der Waals surface area contributed by atoms with E-state index in [2.05, 4.69) is 57.7 Å². The average Bonchev–Trinajstić information content (AvgIpc) is 2.77. The Kier molecular flexibility index (Phi) is 4.01. The summed E-state index contributed by atoms with van der Waals surface area (Å²) in [5.74, 6) is 1.88. The molecular weight excluding hydrogens is 270 g/mol. The van der Waals surface area contributed by atoms with Gasteiger partial charge in [0.1, 0.15) is 11.4 Å². The number of hydrogen-bond donors (Lipinski definition) is 0. The summed E-state index contributed by atoms with van der Waals surface area (Å²) in [5, 5.41) is 0. The molecule has 22 heavy (non-hydrogen) atoms. The Morgan fingerprint density at radius 2 is 1.86 bits per heavy atom. The molecule has 0 atom stereocenters. The van der Waals surface area contributed by atoms with Crippen LogP contribution in [0.5, 0.6) is 5.75 Å². The van der Waals surface area contributed by atoms with Crippen LogP contribution in [-0.4, -0.2) is 30.1 Å². The van der Waals surface area contributed by atoms with Gasteiger partial charge in [-0.25, -0.2) is 0 Å². The van der Waals surface area contributed by atoms with Gasteiger partial charge in [-0.05, 0) is 28.5 Å².